The zero-order valence-electron chi connectivity index (χ0n) is 11.0. The second-order valence-corrected chi connectivity index (χ2v) is 3.93. The lowest BCUT2D eigenvalue weighted by Gasteiger charge is -2.21. The van der Waals surface area contributed by atoms with Crippen LogP contribution in [0, 0.1) is 0 Å². The lowest BCUT2D eigenvalue weighted by Crippen LogP contribution is -2.30. The third-order valence-electron chi connectivity index (χ3n) is 2.80. The van der Waals surface area contributed by atoms with E-state index >= 15 is 0 Å². The first-order valence-electron chi connectivity index (χ1n) is 6.12. The van der Waals surface area contributed by atoms with E-state index in [2.05, 4.69) is 15.3 Å². The molecule has 19 heavy (non-hydrogen) atoms. The van der Waals surface area contributed by atoms with E-state index in [0.717, 1.165) is 5.69 Å². The molecule has 0 spiro atoms. The molecule has 2 heterocycles. The monoisotopic (exact) mass is 256 g/mol. The predicted octanol–water partition coefficient (Wildman–Crippen LogP) is 2.18. The number of aromatic nitrogens is 2. The third kappa shape index (κ3) is 2.88. The molecule has 98 valence electrons. The molecule has 0 atom stereocenters. The van der Waals surface area contributed by atoms with E-state index in [1.807, 2.05) is 19.1 Å². The average Bonchev–Trinajstić information content (AvgIpc) is 2.49. The number of hydrogen-bond acceptors (Lipinski definition) is 4. The second-order valence-electron chi connectivity index (χ2n) is 3.93. The fraction of sp³-hybridized carbons (Fsp3) is 0.214. The Morgan fingerprint density at radius 1 is 1.26 bits per heavy atom. The van der Waals surface area contributed by atoms with E-state index in [4.69, 9.17) is 0 Å². The molecule has 1 amide bonds. The number of hydrogen-bond donors (Lipinski definition) is 1. The molecule has 0 bridgehead atoms. The van der Waals surface area contributed by atoms with Gasteiger partial charge in [-0.05, 0) is 31.2 Å². The molecule has 0 unspecified atom stereocenters. The highest BCUT2D eigenvalue weighted by Crippen LogP contribution is 2.16. The lowest BCUT2D eigenvalue weighted by atomic mass is 10.2. The number of carbonyl (C=O) groups is 1. The molecule has 2 aromatic heterocycles. The number of rotatable bonds is 4. The fourth-order valence-electron chi connectivity index (χ4n) is 1.82. The average molecular weight is 256 g/mol. The molecular formula is C14H16N4O. The van der Waals surface area contributed by atoms with Gasteiger partial charge in [0.25, 0.3) is 5.91 Å². The van der Waals surface area contributed by atoms with E-state index in [1.165, 1.54) is 0 Å². The van der Waals surface area contributed by atoms with Crippen molar-refractivity contribution in [2.45, 2.75) is 6.92 Å². The van der Waals surface area contributed by atoms with Gasteiger partial charge >= 0.3 is 0 Å². The Labute approximate surface area is 112 Å². The molecular weight excluding hydrogens is 240 g/mol. The van der Waals surface area contributed by atoms with Crippen LogP contribution in [0.25, 0.3) is 0 Å². The highest BCUT2D eigenvalue weighted by molar-refractivity contribution is 6.06. The van der Waals surface area contributed by atoms with Crippen LogP contribution in [0.15, 0.2) is 42.9 Å². The Bertz CT molecular complexity index is 556. The largest absolute Gasteiger partial charge is 0.373 e. The summed E-state index contributed by atoms with van der Waals surface area (Å²) in [5, 5.41) is 2.93. The summed E-state index contributed by atoms with van der Waals surface area (Å²) >= 11 is 0. The van der Waals surface area contributed by atoms with Gasteiger partial charge in [0.1, 0.15) is 5.82 Å². The van der Waals surface area contributed by atoms with Gasteiger partial charge in [-0.1, -0.05) is 0 Å². The first-order chi connectivity index (χ1) is 9.26. The van der Waals surface area contributed by atoms with Crippen LogP contribution in [0.3, 0.4) is 0 Å². The van der Waals surface area contributed by atoms with Crippen LogP contribution in [0.1, 0.15) is 17.3 Å². The molecule has 2 aromatic rings. The van der Waals surface area contributed by atoms with Crippen molar-refractivity contribution in [3.63, 3.8) is 0 Å². The van der Waals surface area contributed by atoms with Gasteiger partial charge in [0.2, 0.25) is 0 Å². The van der Waals surface area contributed by atoms with E-state index < -0.39 is 0 Å². The third-order valence-corrected chi connectivity index (χ3v) is 2.80. The molecule has 0 aliphatic heterocycles. The lowest BCUT2D eigenvalue weighted by molar-refractivity contribution is 0.0988. The van der Waals surface area contributed by atoms with Crippen molar-refractivity contribution >= 4 is 17.4 Å². The predicted molar refractivity (Wildman–Crippen MR) is 75.4 cm³/mol. The van der Waals surface area contributed by atoms with Crippen LogP contribution in [0.2, 0.25) is 0 Å². The quantitative estimate of drug-likeness (QED) is 0.911. The normalized spacial score (nSPS) is 10.0. The Balaban J connectivity index is 2.30. The van der Waals surface area contributed by atoms with Gasteiger partial charge in [-0.2, -0.15) is 0 Å². The Kier molecular flexibility index (Phi) is 4.07. The Morgan fingerprint density at radius 2 is 2.00 bits per heavy atom. The summed E-state index contributed by atoms with van der Waals surface area (Å²) in [7, 11) is 1.77. The van der Waals surface area contributed by atoms with Gasteiger partial charge in [-0.3, -0.25) is 9.78 Å². The molecule has 2 rings (SSSR count). The molecule has 5 heteroatoms. The molecule has 0 aliphatic rings. The minimum atomic E-state index is -0.0485. The van der Waals surface area contributed by atoms with Gasteiger partial charge in [-0.25, -0.2) is 4.98 Å². The van der Waals surface area contributed by atoms with Gasteiger partial charge in [0, 0.05) is 43.4 Å². The molecule has 0 fully saturated rings. The maximum atomic E-state index is 12.5. The van der Waals surface area contributed by atoms with Crippen LogP contribution in [-0.4, -0.2) is 29.5 Å². The van der Waals surface area contributed by atoms with Crippen molar-refractivity contribution in [1.29, 1.82) is 0 Å². The smallest absolute Gasteiger partial charge is 0.258 e. The SMILES string of the molecule is CCN(C(=O)c1ccnc(NC)c1)c1ccncc1. The van der Waals surface area contributed by atoms with Gasteiger partial charge in [-0.15, -0.1) is 0 Å². The highest BCUT2D eigenvalue weighted by atomic mass is 16.2. The van der Waals surface area contributed by atoms with Crippen LogP contribution in [-0.2, 0) is 0 Å². The second kappa shape index (κ2) is 5.95. The summed E-state index contributed by atoms with van der Waals surface area (Å²) in [6.45, 7) is 2.54. The van der Waals surface area contributed by atoms with Crippen LogP contribution < -0.4 is 10.2 Å². The van der Waals surface area contributed by atoms with Crippen LogP contribution >= 0.6 is 0 Å². The molecule has 0 aromatic carbocycles. The molecule has 1 N–H and O–H groups in total. The summed E-state index contributed by atoms with van der Waals surface area (Å²) in [4.78, 5) is 22.3. The zero-order valence-corrected chi connectivity index (χ0v) is 11.0. The number of pyridine rings is 2. The minimum absolute atomic E-state index is 0.0485. The van der Waals surface area contributed by atoms with Crippen molar-refractivity contribution in [3.8, 4) is 0 Å². The standard InChI is InChI=1S/C14H16N4O/c1-3-18(12-5-7-16-8-6-12)14(19)11-4-9-17-13(10-11)15-2/h4-10H,3H2,1-2H3,(H,15,17). The number of amides is 1. The first kappa shape index (κ1) is 13.0. The Hall–Kier alpha value is -2.43. The molecule has 5 nitrogen and oxygen atoms in total. The van der Waals surface area contributed by atoms with Gasteiger partial charge in [0.05, 0.1) is 0 Å². The van der Waals surface area contributed by atoms with Gasteiger partial charge < -0.3 is 10.2 Å². The van der Waals surface area contributed by atoms with Crippen molar-refractivity contribution in [2.24, 2.45) is 0 Å². The van der Waals surface area contributed by atoms with Crippen molar-refractivity contribution in [3.05, 3.63) is 48.4 Å². The molecule has 0 saturated heterocycles. The number of nitrogens with zero attached hydrogens (tertiary/aromatic N) is 3. The highest BCUT2D eigenvalue weighted by Gasteiger charge is 2.16. The van der Waals surface area contributed by atoms with Crippen molar-refractivity contribution in [2.75, 3.05) is 23.8 Å². The summed E-state index contributed by atoms with van der Waals surface area (Å²) in [6.07, 6.45) is 4.98. The molecule has 0 radical (unpaired) electrons. The summed E-state index contributed by atoms with van der Waals surface area (Å²) in [5.41, 5.74) is 1.45. The van der Waals surface area contributed by atoms with Gasteiger partial charge in [0.15, 0.2) is 0 Å². The van der Waals surface area contributed by atoms with Crippen molar-refractivity contribution < 1.29 is 4.79 Å². The van der Waals surface area contributed by atoms with E-state index in [0.29, 0.717) is 17.9 Å². The number of anilines is 2. The summed E-state index contributed by atoms with van der Waals surface area (Å²) < 4.78 is 0. The maximum Gasteiger partial charge on any atom is 0.258 e. The topological polar surface area (TPSA) is 58.1 Å². The van der Waals surface area contributed by atoms with Crippen LogP contribution in [0.4, 0.5) is 11.5 Å². The summed E-state index contributed by atoms with van der Waals surface area (Å²) in [5.74, 6) is 0.629. The first-order valence-corrected chi connectivity index (χ1v) is 6.12. The van der Waals surface area contributed by atoms with E-state index in [9.17, 15) is 4.79 Å². The van der Waals surface area contributed by atoms with Crippen LogP contribution in [0.5, 0.6) is 0 Å². The summed E-state index contributed by atoms with van der Waals surface area (Å²) in [6, 6.07) is 7.10. The van der Waals surface area contributed by atoms with E-state index in [1.54, 1.807) is 42.7 Å². The van der Waals surface area contributed by atoms with E-state index in [-0.39, 0.29) is 5.91 Å². The Morgan fingerprint density at radius 3 is 2.63 bits per heavy atom. The molecule has 0 aliphatic carbocycles. The maximum absolute atomic E-state index is 12.5. The minimum Gasteiger partial charge on any atom is -0.373 e. The molecule has 0 saturated carbocycles. The van der Waals surface area contributed by atoms with Crippen molar-refractivity contribution in [1.82, 2.24) is 9.97 Å². The fourth-order valence-corrected chi connectivity index (χ4v) is 1.82. The number of carbonyl (C=O) groups excluding carboxylic acids is 1. The number of nitrogens with one attached hydrogen (secondary N) is 1. The zero-order chi connectivity index (χ0) is 13.7.